The van der Waals surface area contributed by atoms with Gasteiger partial charge in [-0.05, 0) is 144 Å². The number of benzene rings is 4. The summed E-state index contributed by atoms with van der Waals surface area (Å²) in [5.41, 5.74) is 1.30. The van der Waals surface area contributed by atoms with Gasteiger partial charge in [0.2, 0.25) is 0 Å². The lowest BCUT2D eigenvalue weighted by atomic mass is 9.89. The van der Waals surface area contributed by atoms with Crippen LogP contribution in [0.2, 0.25) is 0 Å². The minimum absolute atomic E-state index is 0.125. The summed E-state index contributed by atoms with van der Waals surface area (Å²) < 4.78 is 67.9. The predicted molar refractivity (Wildman–Crippen MR) is 264 cm³/mol. The molecule has 4 aromatic carbocycles. The van der Waals surface area contributed by atoms with Crippen LogP contribution >= 0.6 is 0 Å². The number of hydrogen-bond donors (Lipinski definition) is 1. The van der Waals surface area contributed by atoms with E-state index < -0.39 is 34.3 Å². The number of urea groups is 2. The molecule has 2 unspecified atom stereocenters. The van der Waals surface area contributed by atoms with Gasteiger partial charge < -0.3 is 44.2 Å². The zero-order valence-corrected chi connectivity index (χ0v) is 41.4. The van der Waals surface area contributed by atoms with Crippen LogP contribution in [0.15, 0.2) is 109 Å². The first-order chi connectivity index (χ1) is 33.1. The van der Waals surface area contributed by atoms with Crippen LogP contribution in [0.1, 0.15) is 47.9 Å². The molecule has 0 aromatic heterocycles. The number of hydrogen-bond acceptors (Lipinski definition) is 7. The summed E-state index contributed by atoms with van der Waals surface area (Å²) in [7, 11) is 14.6. The number of rotatable bonds is 10. The molecule has 2 atom stereocenters. The van der Waals surface area contributed by atoms with Gasteiger partial charge in [0.05, 0.1) is 13.2 Å². The molecule has 1 N–H and O–H groups in total. The fourth-order valence-electron chi connectivity index (χ4n) is 9.78. The van der Waals surface area contributed by atoms with Crippen molar-refractivity contribution in [2.24, 2.45) is 0 Å². The van der Waals surface area contributed by atoms with Crippen molar-refractivity contribution in [3.8, 4) is 0 Å². The van der Waals surface area contributed by atoms with Gasteiger partial charge in [-0.25, -0.2) is 27.2 Å². The van der Waals surface area contributed by atoms with E-state index in [0.29, 0.717) is 11.1 Å². The minimum atomic E-state index is -0.930. The Hall–Kier alpha value is -5.58. The van der Waals surface area contributed by atoms with Crippen LogP contribution < -0.4 is 5.32 Å². The van der Waals surface area contributed by atoms with Gasteiger partial charge in [0.15, 0.2) is 0 Å². The molecule has 2 fully saturated rings. The summed E-state index contributed by atoms with van der Waals surface area (Å²) in [5, 5.41) is 3.30. The highest BCUT2D eigenvalue weighted by molar-refractivity contribution is 5.84. The SMILES string of the molecule is CNC1CCN(C)CC1.COCC1(c2ccccc2)C=C(c2cc(F)ccc2F)CN1C(=O)N(C)C.COCC1(c2ccccc2)C=C(c2cc(F)ccc2F)CN1C(=O)N(C)C1CCN(C)CC1. The van der Waals surface area contributed by atoms with Crippen molar-refractivity contribution < 1.29 is 36.6 Å². The molecular weight excluding hydrogens is 887 g/mol. The maximum atomic E-state index is 14.7. The molecular formula is C54H69F4N7O4. The molecule has 4 aliphatic heterocycles. The number of carbonyl (C=O) groups is 2. The molecule has 4 amide bonds. The van der Waals surface area contributed by atoms with Gasteiger partial charge in [-0.3, -0.25) is 0 Å². The Morgan fingerprint density at radius 3 is 1.42 bits per heavy atom. The molecule has 4 heterocycles. The highest BCUT2D eigenvalue weighted by atomic mass is 19.1. The van der Waals surface area contributed by atoms with Crippen LogP contribution in [0.4, 0.5) is 27.2 Å². The van der Waals surface area contributed by atoms with Crippen LogP contribution in [0.25, 0.3) is 11.1 Å². The third kappa shape index (κ3) is 12.2. The molecule has 0 bridgehead atoms. The fourth-order valence-corrected chi connectivity index (χ4v) is 9.78. The lowest BCUT2D eigenvalue weighted by Gasteiger charge is -2.43. The average molecular weight is 956 g/mol. The van der Waals surface area contributed by atoms with E-state index in [2.05, 4.69) is 36.3 Å². The second-order valence-corrected chi connectivity index (χ2v) is 18.7. The molecule has 4 aliphatic rings. The van der Waals surface area contributed by atoms with Crippen molar-refractivity contribution in [2.75, 3.05) is 109 Å². The van der Waals surface area contributed by atoms with Crippen molar-refractivity contribution in [1.29, 1.82) is 0 Å². The Labute approximate surface area is 405 Å². The van der Waals surface area contributed by atoms with Crippen molar-refractivity contribution in [1.82, 2.24) is 34.7 Å². The zero-order valence-electron chi connectivity index (χ0n) is 41.4. The number of piperidine rings is 2. The summed E-state index contributed by atoms with van der Waals surface area (Å²) in [4.78, 5) is 38.1. The lowest BCUT2D eigenvalue weighted by Crippen LogP contribution is -2.55. The van der Waals surface area contributed by atoms with Crippen molar-refractivity contribution in [2.45, 2.75) is 48.8 Å². The van der Waals surface area contributed by atoms with E-state index >= 15 is 0 Å². The van der Waals surface area contributed by atoms with Crippen LogP contribution in [-0.2, 0) is 20.6 Å². The number of nitrogens with zero attached hydrogens (tertiary/aromatic N) is 6. The minimum Gasteiger partial charge on any atom is -0.382 e. The van der Waals surface area contributed by atoms with Crippen LogP contribution in [0.3, 0.4) is 0 Å². The highest BCUT2D eigenvalue weighted by Crippen LogP contribution is 2.43. The number of ether oxygens (including phenoxy) is 2. The first kappa shape index (κ1) is 52.8. The predicted octanol–water partition coefficient (Wildman–Crippen LogP) is 8.54. The molecule has 15 heteroatoms. The fraction of sp³-hybridized carbons (Fsp3) is 0.444. The molecule has 2 saturated heterocycles. The topological polar surface area (TPSA) is 84.1 Å². The van der Waals surface area contributed by atoms with Gasteiger partial charge in [-0.1, -0.05) is 60.7 Å². The molecule has 0 radical (unpaired) electrons. The molecule has 69 heavy (non-hydrogen) atoms. The number of nitrogens with one attached hydrogen (secondary N) is 1. The molecule has 8 rings (SSSR count). The maximum Gasteiger partial charge on any atom is 0.321 e. The Kier molecular flexibility index (Phi) is 18.2. The molecule has 11 nitrogen and oxygen atoms in total. The summed E-state index contributed by atoms with van der Waals surface area (Å²) >= 11 is 0. The third-order valence-electron chi connectivity index (χ3n) is 13.8. The lowest BCUT2D eigenvalue weighted by molar-refractivity contribution is 0.0528. The number of amides is 4. The van der Waals surface area contributed by atoms with Crippen molar-refractivity contribution in [3.05, 3.63) is 155 Å². The summed E-state index contributed by atoms with van der Waals surface area (Å²) in [6, 6.07) is 26.3. The van der Waals surface area contributed by atoms with E-state index in [0.717, 1.165) is 73.4 Å². The van der Waals surface area contributed by atoms with Gasteiger partial charge >= 0.3 is 12.1 Å². The quantitative estimate of drug-likeness (QED) is 0.160. The second-order valence-electron chi connectivity index (χ2n) is 18.7. The first-order valence-corrected chi connectivity index (χ1v) is 23.6. The normalized spacial score (nSPS) is 21.2. The Morgan fingerprint density at radius 1 is 0.623 bits per heavy atom. The maximum absolute atomic E-state index is 14.7. The Balaban J connectivity index is 0.000000195. The highest BCUT2D eigenvalue weighted by Gasteiger charge is 2.48. The van der Waals surface area contributed by atoms with Gasteiger partial charge in [0.1, 0.15) is 34.3 Å². The van der Waals surface area contributed by atoms with E-state index in [1.54, 1.807) is 43.0 Å². The number of methoxy groups -OCH3 is 2. The van der Waals surface area contributed by atoms with Gasteiger partial charge in [0.25, 0.3) is 0 Å². The Bertz CT molecular complexity index is 2390. The van der Waals surface area contributed by atoms with Gasteiger partial charge in [-0.2, -0.15) is 0 Å². The van der Waals surface area contributed by atoms with E-state index in [-0.39, 0.29) is 55.5 Å². The smallest absolute Gasteiger partial charge is 0.321 e. The van der Waals surface area contributed by atoms with Gasteiger partial charge in [0, 0.05) is 71.7 Å². The average Bonchev–Trinajstić information content (AvgIpc) is 3.94. The van der Waals surface area contributed by atoms with Gasteiger partial charge in [-0.15, -0.1) is 0 Å². The molecule has 0 saturated carbocycles. The molecule has 372 valence electrons. The van der Waals surface area contributed by atoms with Crippen molar-refractivity contribution in [3.63, 3.8) is 0 Å². The summed E-state index contributed by atoms with van der Waals surface area (Å²) in [6.07, 6.45) is 8.09. The van der Waals surface area contributed by atoms with Crippen LogP contribution in [0.5, 0.6) is 0 Å². The van der Waals surface area contributed by atoms with E-state index in [4.69, 9.17) is 9.47 Å². The molecule has 0 aliphatic carbocycles. The van der Waals surface area contributed by atoms with Crippen LogP contribution in [0, 0.1) is 23.3 Å². The Morgan fingerprint density at radius 2 is 1.03 bits per heavy atom. The van der Waals surface area contributed by atoms with E-state index in [1.807, 2.05) is 79.9 Å². The standard InChI is InChI=1S/C26H31F2N3O2.C21H22F2N2O2.C7H16N2/c1-29-13-11-22(12-14-29)30(2)25(32)31-17-19(23-15-21(27)9-10-24(23)28)16-26(31,18-33-3)20-7-5-4-6-8-20;1-24(2)20(26)25-13-15(18-11-17(22)9-10-19(18)23)12-21(25,14-27-3)16-7-5-4-6-8-16;1-8-7-3-5-9(2)6-4-7/h4-10,15-16,22H,11-14,17-18H2,1-3H3;4-12H,13-14H2,1-3H3;7-8H,3-6H2,1-2H3. The third-order valence-corrected chi connectivity index (χ3v) is 13.8. The van der Waals surface area contributed by atoms with E-state index in [9.17, 15) is 27.2 Å². The summed E-state index contributed by atoms with van der Waals surface area (Å²) in [6.45, 7) is 5.08. The first-order valence-electron chi connectivity index (χ1n) is 23.6. The molecule has 4 aromatic rings. The van der Waals surface area contributed by atoms with E-state index in [1.165, 1.54) is 36.9 Å². The zero-order chi connectivity index (χ0) is 49.9. The van der Waals surface area contributed by atoms with Crippen LogP contribution in [-0.4, -0.2) is 163 Å². The number of halogens is 4. The largest absolute Gasteiger partial charge is 0.382 e. The number of carbonyl (C=O) groups excluding carboxylic acids is 2. The summed E-state index contributed by atoms with van der Waals surface area (Å²) in [5.74, 6) is -2.08. The molecule has 0 spiro atoms. The monoisotopic (exact) mass is 956 g/mol. The number of likely N-dealkylation sites (tertiary alicyclic amines) is 2. The van der Waals surface area contributed by atoms with Crippen molar-refractivity contribution >= 4 is 23.2 Å². The second kappa shape index (κ2) is 23.8.